The van der Waals surface area contributed by atoms with Crippen LogP contribution in [0.2, 0.25) is 0 Å². The summed E-state index contributed by atoms with van der Waals surface area (Å²) >= 11 is 0. The molecule has 0 fully saturated rings. The average Bonchev–Trinajstić information content (AvgIpc) is 2.37. The number of nitrogens with two attached hydrogens (primary N) is 1. The van der Waals surface area contributed by atoms with E-state index in [1.54, 1.807) is 12.0 Å². The second-order valence-electron chi connectivity index (χ2n) is 4.10. The van der Waals surface area contributed by atoms with Gasteiger partial charge < -0.3 is 25.4 Å². The van der Waals surface area contributed by atoms with Crippen LogP contribution in [-0.4, -0.2) is 62.5 Å². The second-order valence-corrected chi connectivity index (χ2v) is 4.10. The van der Waals surface area contributed by atoms with Crippen LogP contribution in [0.25, 0.3) is 0 Å². The largest absolute Gasteiger partial charge is 0.382 e. The predicted molar refractivity (Wildman–Crippen MR) is 74.4 cm³/mol. The SMILES string of the molecule is COCCOCCCNc1nc(N)nc(N(C)C)n1. The van der Waals surface area contributed by atoms with Gasteiger partial charge in [0.25, 0.3) is 0 Å². The van der Waals surface area contributed by atoms with Crippen LogP contribution in [0.4, 0.5) is 17.8 Å². The fourth-order valence-corrected chi connectivity index (χ4v) is 1.28. The molecule has 1 aromatic rings. The highest BCUT2D eigenvalue weighted by Crippen LogP contribution is 2.08. The van der Waals surface area contributed by atoms with E-state index in [9.17, 15) is 0 Å². The Morgan fingerprint density at radius 1 is 1.16 bits per heavy atom. The molecule has 0 aromatic carbocycles. The van der Waals surface area contributed by atoms with E-state index in [4.69, 9.17) is 15.2 Å². The second kappa shape index (κ2) is 8.44. The summed E-state index contributed by atoms with van der Waals surface area (Å²) in [4.78, 5) is 14.0. The van der Waals surface area contributed by atoms with Crippen LogP contribution >= 0.6 is 0 Å². The molecule has 0 aliphatic rings. The van der Waals surface area contributed by atoms with Crippen LogP contribution in [0.15, 0.2) is 0 Å². The smallest absolute Gasteiger partial charge is 0.231 e. The van der Waals surface area contributed by atoms with Gasteiger partial charge in [0.15, 0.2) is 0 Å². The lowest BCUT2D eigenvalue weighted by molar-refractivity contribution is 0.0705. The van der Waals surface area contributed by atoms with Crippen molar-refractivity contribution in [3.8, 4) is 0 Å². The monoisotopic (exact) mass is 270 g/mol. The maximum Gasteiger partial charge on any atom is 0.231 e. The quantitative estimate of drug-likeness (QED) is 0.604. The van der Waals surface area contributed by atoms with E-state index < -0.39 is 0 Å². The average molecular weight is 270 g/mol. The molecule has 0 aliphatic carbocycles. The highest BCUT2D eigenvalue weighted by molar-refractivity contribution is 5.40. The molecule has 0 radical (unpaired) electrons. The maximum atomic E-state index is 5.62. The minimum absolute atomic E-state index is 0.206. The van der Waals surface area contributed by atoms with Gasteiger partial charge in [-0.1, -0.05) is 0 Å². The zero-order valence-corrected chi connectivity index (χ0v) is 11.7. The van der Waals surface area contributed by atoms with Crippen LogP contribution < -0.4 is 16.0 Å². The van der Waals surface area contributed by atoms with Gasteiger partial charge in [-0.05, 0) is 6.42 Å². The lowest BCUT2D eigenvalue weighted by Crippen LogP contribution is -2.17. The third-order valence-corrected chi connectivity index (χ3v) is 2.22. The van der Waals surface area contributed by atoms with E-state index >= 15 is 0 Å². The first kappa shape index (κ1) is 15.4. The molecule has 0 unspecified atom stereocenters. The number of methoxy groups -OCH3 is 1. The molecule has 8 nitrogen and oxygen atoms in total. The fourth-order valence-electron chi connectivity index (χ4n) is 1.28. The summed E-state index contributed by atoms with van der Waals surface area (Å²) in [6, 6.07) is 0. The summed E-state index contributed by atoms with van der Waals surface area (Å²) < 4.78 is 10.2. The van der Waals surface area contributed by atoms with Crippen molar-refractivity contribution < 1.29 is 9.47 Å². The lowest BCUT2D eigenvalue weighted by atomic mass is 10.4. The predicted octanol–water partition coefficient (Wildman–Crippen LogP) is -0.0152. The number of nitrogen functional groups attached to an aromatic ring is 1. The number of aromatic nitrogens is 3. The third-order valence-electron chi connectivity index (χ3n) is 2.22. The van der Waals surface area contributed by atoms with E-state index in [-0.39, 0.29) is 5.95 Å². The number of rotatable bonds is 9. The first-order valence-electron chi connectivity index (χ1n) is 6.13. The van der Waals surface area contributed by atoms with E-state index in [0.29, 0.717) is 38.3 Å². The summed E-state index contributed by atoms with van der Waals surface area (Å²) in [5.74, 6) is 1.22. The zero-order valence-electron chi connectivity index (χ0n) is 11.7. The highest BCUT2D eigenvalue weighted by Gasteiger charge is 2.05. The van der Waals surface area contributed by atoms with Crippen molar-refractivity contribution in [2.75, 3.05) is 63.5 Å². The van der Waals surface area contributed by atoms with Crippen molar-refractivity contribution in [2.45, 2.75) is 6.42 Å². The molecule has 108 valence electrons. The molecular formula is C11H22N6O2. The molecule has 0 saturated carbocycles. The number of ether oxygens (including phenoxy) is 2. The van der Waals surface area contributed by atoms with Crippen LogP contribution in [0.3, 0.4) is 0 Å². The van der Waals surface area contributed by atoms with Crippen LogP contribution in [0.1, 0.15) is 6.42 Å². The summed E-state index contributed by atoms with van der Waals surface area (Å²) in [6.45, 7) is 2.60. The Hall–Kier alpha value is -1.67. The molecule has 19 heavy (non-hydrogen) atoms. The molecule has 3 N–H and O–H groups in total. The first-order chi connectivity index (χ1) is 9.13. The molecular weight excluding hydrogens is 248 g/mol. The Morgan fingerprint density at radius 3 is 2.63 bits per heavy atom. The first-order valence-corrected chi connectivity index (χ1v) is 6.13. The minimum Gasteiger partial charge on any atom is -0.382 e. The number of hydrogen-bond acceptors (Lipinski definition) is 8. The van der Waals surface area contributed by atoms with E-state index in [1.165, 1.54) is 0 Å². The van der Waals surface area contributed by atoms with E-state index in [1.807, 2.05) is 14.1 Å². The highest BCUT2D eigenvalue weighted by atomic mass is 16.5. The van der Waals surface area contributed by atoms with Gasteiger partial charge in [-0.15, -0.1) is 0 Å². The Kier molecular flexibility index (Phi) is 6.83. The summed E-state index contributed by atoms with van der Waals surface area (Å²) in [5, 5.41) is 3.09. The number of anilines is 3. The molecule has 1 aromatic heterocycles. The van der Waals surface area contributed by atoms with Crippen molar-refractivity contribution in [1.29, 1.82) is 0 Å². The third kappa shape index (κ3) is 6.16. The number of nitrogens with one attached hydrogen (secondary N) is 1. The summed E-state index contributed by atoms with van der Waals surface area (Å²) in [6.07, 6.45) is 0.854. The molecule has 0 amide bonds. The van der Waals surface area contributed by atoms with Gasteiger partial charge in [0, 0.05) is 34.4 Å². The summed E-state index contributed by atoms with van der Waals surface area (Å²) in [5.41, 5.74) is 5.62. The Morgan fingerprint density at radius 2 is 1.95 bits per heavy atom. The van der Waals surface area contributed by atoms with Crippen LogP contribution in [-0.2, 0) is 9.47 Å². The van der Waals surface area contributed by atoms with Crippen LogP contribution in [0, 0.1) is 0 Å². The summed E-state index contributed by atoms with van der Waals surface area (Å²) in [7, 11) is 5.35. The van der Waals surface area contributed by atoms with Gasteiger partial charge in [-0.3, -0.25) is 0 Å². The van der Waals surface area contributed by atoms with Crippen LogP contribution in [0.5, 0.6) is 0 Å². The van der Waals surface area contributed by atoms with Crippen molar-refractivity contribution in [2.24, 2.45) is 0 Å². The van der Waals surface area contributed by atoms with Crippen molar-refractivity contribution in [3.05, 3.63) is 0 Å². The van der Waals surface area contributed by atoms with Gasteiger partial charge in [0.2, 0.25) is 17.8 Å². The fraction of sp³-hybridized carbons (Fsp3) is 0.727. The van der Waals surface area contributed by atoms with Gasteiger partial charge in [0.05, 0.1) is 13.2 Å². The molecule has 0 saturated heterocycles. The van der Waals surface area contributed by atoms with Gasteiger partial charge >= 0.3 is 0 Å². The number of hydrogen-bond donors (Lipinski definition) is 2. The normalized spacial score (nSPS) is 10.5. The molecule has 8 heteroatoms. The van der Waals surface area contributed by atoms with E-state index in [2.05, 4.69) is 20.3 Å². The van der Waals surface area contributed by atoms with Crippen molar-refractivity contribution >= 4 is 17.8 Å². The minimum atomic E-state index is 0.206. The molecule has 0 aliphatic heterocycles. The molecule has 0 bridgehead atoms. The Labute approximate surface area is 113 Å². The molecule has 0 atom stereocenters. The number of nitrogens with zero attached hydrogens (tertiary/aromatic N) is 4. The maximum absolute atomic E-state index is 5.62. The van der Waals surface area contributed by atoms with E-state index in [0.717, 1.165) is 6.42 Å². The molecule has 1 heterocycles. The van der Waals surface area contributed by atoms with Gasteiger partial charge in [0.1, 0.15) is 0 Å². The van der Waals surface area contributed by atoms with Crippen molar-refractivity contribution in [3.63, 3.8) is 0 Å². The Bertz CT molecular complexity index is 374. The van der Waals surface area contributed by atoms with Gasteiger partial charge in [-0.25, -0.2) is 0 Å². The zero-order chi connectivity index (χ0) is 14.1. The molecule has 0 spiro atoms. The Balaban J connectivity index is 2.29. The topological polar surface area (TPSA) is 98.4 Å². The molecule has 1 rings (SSSR count). The lowest BCUT2D eigenvalue weighted by Gasteiger charge is -2.12. The standard InChI is InChI=1S/C11H22N6O2/c1-17(2)11-15-9(12)14-10(16-11)13-5-4-6-19-8-7-18-3/h4-8H2,1-3H3,(H3,12,13,14,15,16). The van der Waals surface area contributed by atoms with Crippen molar-refractivity contribution in [1.82, 2.24) is 15.0 Å². The van der Waals surface area contributed by atoms with Gasteiger partial charge in [-0.2, -0.15) is 15.0 Å².